The van der Waals surface area contributed by atoms with Gasteiger partial charge in [0.15, 0.2) is 0 Å². The van der Waals surface area contributed by atoms with E-state index in [9.17, 15) is 4.39 Å². The van der Waals surface area contributed by atoms with Crippen molar-refractivity contribution in [2.75, 3.05) is 6.54 Å². The molecule has 0 radical (unpaired) electrons. The standard InChI is InChI=1S/C15H15BrFN3/c16-13-4-3-12(6-14(13)17)15-2-1-5-20(15)9-11-7-18-10-19-8-11/h3-4,6-8,10,15H,1-2,5,9H2. The SMILES string of the molecule is Fc1cc(C2CCCN2Cc2cncnc2)ccc1Br. The Hall–Kier alpha value is -1.33. The van der Waals surface area contributed by atoms with Gasteiger partial charge < -0.3 is 0 Å². The van der Waals surface area contributed by atoms with Crippen molar-refractivity contribution >= 4 is 15.9 Å². The molecule has 104 valence electrons. The Balaban J connectivity index is 1.80. The molecule has 2 heterocycles. The van der Waals surface area contributed by atoms with Crippen LogP contribution in [0, 0.1) is 5.82 Å². The molecule has 0 bridgehead atoms. The lowest BCUT2D eigenvalue weighted by Crippen LogP contribution is -2.23. The average molecular weight is 336 g/mol. The summed E-state index contributed by atoms with van der Waals surface area (Å²) in [5.41, 5.74) is 2.14. The molecule has 5 heteroatoms. The quantitative estimate of drug-likeness (QED) is 0.856. The van der Waals surface area contributed by atoms with Crippen molar-refractivity contribution in [1.82, 2.24) is 14.9 Å². The fraction of sp³-hybridized carbons (Fsp3) is 0.333. The van der Waals surface area contributed by atoms with E-state index in [0.717, 1.165) is 37.1 Å². The highest BCUT2D eigenvalue weighted by atomic mass is 79.9. The molecule has 1 aromatic heterocycles. The van der Waals surface area contributed by atoms with Gasteiger partial charge in [-0.15, -0.1) is 0 Å². The van der Waals surface area contributed by atoms with Crippen molar-refractivity contribution in [2.24, 2.45) is 0 Å². The zero-order valence-electron chi connectivity index (χ0n) is 11.0. The summed E-state index contributed by atoms with van der Waals surface area (Å²) in [6.45, 7) is 1.83. The van der Waals surface area contributed by atoms with Gasteiger partial charge in [0.05, 0.1) is 4.47 Å². The van der Waals surface area contributed by atoms with E-state index in [0.29, 0.717) is 4.47 Å². The van der Waals surface area contributed by atoms with E-state index in [-0.39, 0.29) is 11.9 Å². The summed E-state index contributed by atoms with van der Waals surface area (Å²) < 4.78 is 14.2. The number of hydrogen-bond donors (Lipinski definition) is 0. The predicted octanol–water partition coefficient (Wildman–Crippen LogP) is 3.72. The van der Waals surface area contributed by atoms with Gasteiger partial charge in [0.25, 0.3) is 0 Å². The molecule has 3 rings (SSSR count). The highest BCUT2D eigenvalue weighted by Crippen LogP contribution is 2.34. The summed E-state index contributed by atoms with van der Waals surface area (Å²) in [6.07, 6.45) is 7.41. The highest BCUT2D eigenvalue weighted by Gasteiger charge is 2.26. The van der Waals surface area contributed by atoms with Crippen molar-refractivity contribution < 1.29 is 4.39 Å². The Kier molecular flexibility index (Phi) is 4.08. The fourth-order valence-electron chi connectivity index (χ4n) is 2.76. The summed E-state index contributed by atoms with van der Waals surface area (Å²) >= 11 is 3.20. The molecule has 1 unspecified atom stereocenters. The van der Waals surface area contributed by atoms with Gasteiger partial charge in [-0.2, -0.15) is 0 Å². The van der Waals surface area contributed by atoms with Crippen LogP contribution in [-0.4, -0.2) is 21.4 Å². The number of aromatic nitrogens is 2. The van der Waals surface area contributed by atoms with Gasteiger partial charge in [-0.05, 0) is 53.0 Å². The Bertz CT molecular complexity index is 591. The van der Waals surface area contributed by atoms with Crippen LogP contribution >= 0.6 is 15.9 Å². The molecule has 1 fully saturated rings. The number of hydrogen-bond acceptors (Lipinski definition) is 3. The van der Waals surface area contributed by atoms with E-state index in [1.807, 2.05) is 18.5 Å². The van der Waals surface area contributed by atoms with Gasteiger partial charge in [-0.1, -0.05) is 6.07 Å². The average Bonchev–Trinajstić information content (AvgIpc) is 2.91. The summed E-state index contributed by atoms with van der Waals surface area (Å²) in [5, 5.41) is 0. The third kappa shape index (κ3) is 2.88. The van der Waals surface area contributed by atoms with Crippen LogP contribution in [0.25, 0.3) is 0 Å². The van der Waals surface area contributed by atoms with Crippen molar-refractivity contribution in [3.63, 3.8) is 0 Å². The summed E-state index contributed by atoms with van der Waals surface area (Å²) in [5.74, 6) is -0.197. The third-order valence-corrected chi connectivity index (χ3v) is 4.33. The Morgan fingerprint density at radius 3 is 2.85 bits per heavy atom. The Morgan fingerprint density at radius 1 is 1.30 bits per heavy atom. The van der Waals surface area contributed by atoms with Gasteiger partial charge >= 0.3 is 0 Å². The zero-order chi connectivity index (χ0) is 13.9. The van der Waals surface area contributed by atoms with E-state index in [1.165, 1.54) is 6.33 Å². The maximum absolute atomic E-state index is 13.7. The van der Waals surface area contributed by atoms with Crippen LogP contribution < -0.4 is 0 Å². The first-order chi connectivity index (χ1) is 9.74. The van der Waals surface area contributed by atoms with Crippen LogP contribution in [0.1, 0.15) is 30.0 Å². The maximum atomic E-state index is 13.7. The predicted molar refractivity (Wildman–Crippen MR) is 78.5 cm³/mol. The van der Waals surface area contributed by atoms with Crippen molar-refractivity contribution in [3.8, 4) is 0 Å². The molecule has 1 aliphatic heterocycles. The largest absolute Gasteiger partial charge is 0.292 e. The molecular formula is C15H15BrFN3. The van der Waals surface area contributed by atoms with Crippen molar-refractivity contribution in [2.45, 2.75) is 25.4 Å². The summed E-state index contributed by atoms with van der Waals surface area (Å²) in [6, 6.07) is 5.69. The zero-order valence-corrected chi connectivity index (χ0v) is 12.6. The molecular weight excluding hydrogens is 321 g/mol. The lowest BCUT2D eigenvalue weighted by Gasteiger charge is -2.24. The van der Waals surface area contributed by atoms with E-state index in [2.05, 4.69) is 30.8 Å². The molecule has 0 saturated carbocycles. The summed E-state index contributed by atoms with van der Waals surface area (Å²) in [7, 11) is 0. The third-order valence-electron chi connectivity index (χ3n) is 3.69. The number of halogens is 2. The van der Waals surface area contributed by atoms with Crippen LogP contribution in [0.4, 0.5) is 4.39 Å². The Morgan fingerprint density at radius 2 is 2.10 bits per heavy atom. The number of likely N-dealkylation sites (tertiary alicyclic amines) is 1. The number of benzene rings is 1. The normalized spacial score (nSPS) is 19.4. The second-order valence-electron chi connectivity index (χ2n) is 5.05. The van der Waals surface area contributed by atoms with Gasteiger partial charge in [0.2, 0.25) is 0 Å². The maximum Gasteiger partial charge on any atom is 0.137 e. The first kappa shape index (κ1) is 13.6. The molecule has 2 aromatic rings. The fourth-order valence-corrected chi connectivity index (χ4v) is 3.01. The van der Waals surface area contributed by atoms with E-state index in [4.69, 9.17) is 0 Å². The first-order valence-corrected chi connectivity index (χ1v) is 7.46. The molecule has 3 nitrogen and oxygen atoms in total. The second kappa shape index (κ2) is 5.97. The molecule has 0 aliphatic carbocycles. The minimum absolute atomic E-state index is 0.197. The van der Waals surface area contributed by atoms with Gasteiger partial charge in [-0.25, -0.2) is 14.4 Å². The van der Waals surface area contributed by atoms with Gasteiger partial charge in [-0.3, -0.25) is 4.90 Å². The highest BCUT2D eigenvalue weighted by molar-refractivity contribution is 9.10. The molecule has 0 spiro atoms. The lowest BCUT2D eigenvalue weighted by atomic mass is 10.0. The molecule has 0 N–H and O–H groups in total. The molecule has 0 amide bonds. The monoisotopic (exact) mass is 335 g/mol. The molecule has 1 atom stereocenters. The molecule has 1 aliphatic rings. The van der Waals surface area contributed by atoms with Gasteiger partial charge in [0.1, 0.15) is 12.1 Å². The van der Waals surface area contributed by atoms with Gasteiger partial charge in [0, 0.05) is 30.5 Å². The number of rotatable bonds is 3. The van der Waals surface area contributed by atoms with Crippen LogP contribution in [-0.2, 0) is 6.54 Å². The topological polar surface area (TPSA) is 29.0 Å². The van der Waals surface area contributed by atoms with Crippen molar-refractivity contribution in [3.05, 3.63) is 58.3 Å². The molecule has 20 heavy (non-hydrogen) atoms. The smallest absolute Gasteiger partial charge is 0.137 e. The molecule has 1 aromatic carbocycles. The van der Waals surface area contributed by atoms with Crippen LogP contribution in [0.2, 0.25) is 0 Å². The first-order valence-electron chi connectivity index (χ1n) is 6.67. The van der Waals surface area contributed by atoms with Crippen molar-refractivity contribution in [1.29, 1.82) is 0 Å². The van der Waals surface area contributed by atoms with Crippen LogP contribution in [0.3, 0.4) is 0 Å². The minimum Gasteiger partial charge on any atom is -0.292 e. The summed E-state index contributed by atoms with van der Waals surface area (Å²) in [4.78, 5) is 10.5. The second-order valence-corrected chi connectivity index (χ2v) is 5.90. The van der Waals surface area contributed by atoms with Crippen LogP contribution in [0.5, 0.6) is 0 Å². The van der Waals surface area contributed by atoms with Crippen LogP contribution in [0.15, 0.2) is 41.4 Å². The Labute approximate surface area is 126 Å². The van der Waals surface area contributed by atoms with E-state index >= 15 is 0 Å². The number of nitrogens with zero attached hydrogens (tertiary/aromatic N) is 3. The van der Waals surface area contributed by atoms with E-state index in [1.54, 1.807) is 12.1 Å². The lowest BCUT2D eigenvalue weighted by molar-refractivity contribution is 0.247. The minimum atomic E-state index is -0.197. The van der Waals surface area contributed by atoms with E-state index < -0.39 is 0 Å². The molecule has 1 saturated heterocycles.